The highest BCUT2D eigenvalue weighted by atomic mass is 15.2. The molecule has 1 saturated heterocycles. The monoisotopic (exact) mass is 502 g/mol. The van der Waals surface area contributed by atoms with Crippen LogP contribution in [0.5, 0.6) is 0 Å². The first-order valence-electron chi connectivity index (χ1n) is 13.3. The van der Waals surface area contributed by atoms with Crippen molar-refractivity contribution in [3.05, 3.63) is 84.7 Å². The molecular weight excluding hydrogens is 468 g/mol. The van der Waals surface area contributed by atoms with Crippen LogP contribution in [0.3, 0.4) is 0 Å². The number of H-pyrrole nitrogens is 1. The Balaban J connectivity index is 1.43. The summed E-state index contributed by atoms with van der Waals surface area (Å²) in [6.45, 7) is 9.24. The predicted octanol–water partition coefficient (Wildman–Crippen LogP) is 5.71. The van der Waals surface area contributed by atoms with Gasteiger partial charge in [-0.25, -0.2) is 4.98 Å². The number of rotatable bonds is 8. The van der Waals surface area contributed by atoms with E-state index in [0.717, 1.165) is 89.4 Å². The lowest BCUT2D eigenvalue weighted by Crippen LogP contribution is -2.43. The lowest BCUT2D eigenvalue weighted by atomic mass is 9.94. The fraction of sp³-hybridized carbons (Fsp3) is 0.281. The second-order valence-corrected chi connectivity index (χ2v) is 9.67. The highest BCUT2D eigenvalue weighted by molar-refractivity contribution is 5.89. The first-order chi connectivity index (χ1) is 18.7. The zero-order valence-electron chi connectivity index (χ0n) is 22.1. The molecule has 0 radical (unpaired) electrons. The van der Waals surface area contributed by atoms with Gasteiger partial charge in [0.1, 0.15) is 0 Å². The van der Waals surface area contributed by atoms with Gasteiger partial charge in [0, 0.05) is 73.1 Å². The van der Waals surface area contributed by atoms with E-state index in [1.807, 2.05) is 19.3 Å². The molecule has 192 valence electrons. The van der Waals surface area contributed by atoms with Crippen LogP contribution < -0.4 is 5.32 Å². The van der Waals surface area contributed by atoms with Crippen molar-refractivity contribution in [1.82, 2.24) is 30.2 Å². The van der Waals surface area contributed by atoms with E-state index in [2.05, 4.69) is 87.7 Å². The van der Waals surface area contributed by atoms with Gasteiger partial charge in [0.25, 0.3) is 0 Å². The van der Waals surface area contributed by atoms with Crippen LogP contribution in [0.1, 0.15) is 31.7 Å². The number of hydrogen-bond donors (Lipinski definition) is 2. The largest absolute Gasteiger partial charge is 0.344 e. The number of fused-ring (bicyclic) bond motifs is 1. The van der Waals surface area contributed by atoms with E-state index in [4.69, 9.17) is 16.4 Å². The molecule has 0 amide bonds. The van der Waals surface area contributed by atoms with Gasteiger partial charge in [-0.15, -0.1) is 6.42 Å². The van der Waals surface area contributed by atoms with Crippen LogP contribution in [0.4, 0.5) is 0 Å². The van der Waals surface area contributed by atoms with Crippen LogP contribution in [-0.2, 0) is 6.54 Å². The average Bonchev–Trinajstić information content (AvgIpc) is 3.45. The Morgan fingerprint density at radius 1 is 1.05 bits per heavy atom. The second-order valence-electron chi connectivity index (χ2n) is 9.67. The summed E-state index contributed by atoms with van der Waals surface area (Å²) in [5, 5.41) is 4.46. The highest BCUT2D eigenvalue weighted by Gasteiger charge is 2.17. The van der Waals surface area contributed by atoms with Crippen molar-refractivity contribution >= 4 is 16.5 Å². The quantitative estimate of drug-likeness (QED) is 0.239. The number of imidazole rings is 1. The van der Waals surface area contributed by atoms with Gasteiger partial charge in [-0.1, -0.05) is 43.2 Å². The molecule has 2 N–H and O–H groups in total. The molecule has 5 rings (SSSR count). The Hall–Kier alpha value is -4.05. The van der Waals surface area contributed by atoms with Crippen LogP contribution in [-0.4, -0.2) is 51.0 Å². The number of allylic oxidation sites excluding steroid dienone is 4. The zero-order valence-corrected chi connectivity index (χ0v) is 22.1. The van der Waals surface area contributed by atoms with Gasteiger partial charge in [0.2, 0.25) is 0 Å². The Labute approximate surface area is 224 Å². The van der Waals surface area contributed by atoms with Crippen LogP contribution in [0.15, 0.2) is 73.3 Å². The maximum absolute atomic E-state index is 5.80. The molecule has 0 saturated carbocycles. The summed E-state index contributed by atoms with van der Waals surface area (Å²) in [5.74, 6) is 2.80. The van der Waals surface area contributed by atoms with Crippen molar-refractivity contribution in [2.45, 2.75) is 26.8 Å². The summed E-state index contributed by atoms with van der Waals surface area (Å²) in [7, 11) is 0. The lowest BCUT2D eigenvalue weighted by molar-refractivity contribution is 0.231. The standard InChI is InChI=1S/C32H34N6/c1-4-6-7-8-29(23(3)5-2)32-31(36-22-37-32)24-10-12-30-26(17-24)18-27(20-35-30)25-9-11-28(34-19-25)21-38-15-13-33-14-16-38/h2,6-12,17-20,22-23,33H,4,13-16,21H2,1,3H3,(H,36,37)/b7-6-,29-8+. The van der Waals surface area contributed by atoms with Gasteiger partial charge in [-0.05, 0) is 43.2 Å². The summed E-state index contributed by atoms with van der Waals surface area (Å²) in [6, 6.07) is 12.8. The first kappa shape index (κ1) is 25.6. The molecule has 1 fully saturated rings. The van der Waals surface area contributed by atoms with E-state index >= 15 is 0 Å². The average molecular weight is 503 g/mol. The molecule has 1 unspecified atom stereocenters. The van der Waals surface area contributed by atoms with Crippen molar-refractivity contribution in [2.75, 3.05) is 26.2 Å². The lowest BCUT2D eigenvalue weighted by Gasteiger charge is -2.26. The number of pyridine rings is 2. The van der Waals surface area contributed by atoms with Crippen molar-refractivity contribution in [3.63, 3.8) is 0 Å². The summed E-state index contributed by atoms with van der Waals surface area (Å²) in [5.41, 5.74) is 8.05. The van der Waals surface area contributed by atoms with Crippen LogP contribution in [0.25, 0.3) is 38.9 Å². The molecule has 6 heteroatoms. The summed E-state index contributed by atoms with van der Waals surface area (Å²) in [6.07, 6.45) is 18.6. The molecule has 4 heterocycles. The Bertz CT molecular complexity index is 1480. The third-order valence-corrected chi connectivity index (χ3v) is 7.00. The van der Waals surface area contributed by atoms with Gasteiger partial charge >= 0.3 is 0 Å². The molecule has 1 aromatic carbocycles. The van der Waals surface area contributed by atoms with E-state index in [9.17, 15) is 0 Å². The smallest absolute Gasteiger partial charge is 0.0933 e. The molecule has 38 heavy (non-hydrogen) atoms. The SMILES string of the molecule is C#CC(C)/C(=C\C=C/CC)c1nc[nH]c1-c1ccc2ncc(-c3ccc(CN4CCNCC4)nc3)cc2c1. The molecule has 4 aromatic rings. The van der Waals surface area contributed by atoms with E-state index in [1.54, 1.807) is 6.33 Å². The fourth-order valence-corrected chi connectivity index (χ4v) is 4.79. The van der Waals surface area contributed by atoms with Gasteiger partial charge < -0.3 is 10.3 Å². The molecule has 1 aliphatic heterocycles. The molecule has 0 aliphatic carbocycles. The number of benzene rings is 1. The fourth-order valence-electron chi connectivity index (χ4n) is 4.79. The number of hydrogen-bond acceptors (Lipinski definition) is 5. The second kappa shape index (κ2) is 12.0. The predicted molar refractivity (Wildman–Crippen MR) is 156 cm³/mol. The third-order valence-electron chi connectivity index (χ3n) is 7.00. The van der Waals surface area contributed by atoms with E-state index in [0.29, 0.717) is 0 Å². The van der Waals surface area contributed by atoms with Gasteiger partial charge in [0.15, 0.2) is 0 Å². The summed E-state index contributed by atoms with van der Waals surface area (Å²) >= 11 is 0. The number of aromatic amines is 1. The Morgan fingerprint density at radius 3 is 2.61 bits per heavy atom. The highest BCUT2D eigenvalue weighted by Crippen LogP contribution is 2.32. The Kier molecular flexibility index (Phi) is 8.08. The molecule has 0 bridgehead atoms. The van der Waals surface area contributed by atoms with E-state index in [-0.39, 0.29) is 5.92 Å². The molecule has 6 nitrogen and oxygen atoms in total. The normalized spacial score (nSPS) is 15.7. The van der Waals surface area contributed by atoms with Gasteiger partial charge in [-0.2, -0.15) is 0 Å². The van der Waals surface area contributed by atoms with Gasteiger partial charge in [-0.3, -0.25) is 14.9 Å². The molecular formula is C32H34N6. The van der Waals surface area contributed by atoms with Crippen molar-refractivity contribution in [3.8, 4) is 34.7 Å². The maximum atomic E-state index is 5.80. The van der Waals surface area contributed by atoms with Crippen LogP contribution in [0.2, 0.25) is 0 Å². The number of nitrogens with zero attached hydrogens (tertiary/aromatic N) is 4. The maximum Gasteiger partial charge on any atom is 0.0933 e. The molecule has 1 aliphatic rings. The van der Waals surface area contributed by atoms with Gasteiger partial charge in [0.05, 0.1) is 28.9 Å². The van der Waals surface area contributed by atoms with Crippen LogP contribution in [0, 0.1) is 18.3 Å². The number of piperazine rings is 1. The van der Waals surface area contributed by atoms with E-state index < -0.39 is 0 Å². The van der Waals surface area contributed by atoms with Crippen LogP contribution >= 0.6 is 0 Å². The third kappa shape index (κ3) is 5.75. The number of nitrogens with one attached hydrogen (secondary N) is 2. The van der Waals surface area contributed by atoms with Crippen molar-refractivity contribution in [1.29, 1.82) is 0 Å². The van der Waals surface area contributed by atoms with Crippen molar-refractivity contribution in [2.24, 2.45) is 5.92 Å². The summed E-state index contributed by atoms with van der Waals surface area (Å²) in [4.78, 5) is 19.9. The Morgan fingerprint density at radius 2 is 1.84 bits per heavy atom. The molecule has 3 aromatic heterocycles. The van der Waals surface area contributed by atoms with E-state index in [1.165, 1.54) is 0 Å². The zero-order chi connectivity index (χ0) is 26.3. The molecule has 0 spiro atoms. The number of terminal acetylenes is 1. The topological polar surface area (TPSA) is 69.7 Å². The molecule has 1 atom stereocenters. The minimum atomic E-state index is -0.0608. The number of aromatic nitrogens is 4. The summed E-state index contributed by atoms with van der Waals surface area (Å²) < 4.78 is 0. The van der Waals surface area contributed by atoms with Crippen molar-refractivity contribution < 1.29 is 0 Å². The minimum absolute atomic E-state index is 0.0608. The first-order valence-corrected chi connectivity index (χ1v) is 13.3. The minimum Gasteiger partial charge on any atom is -0.344 e.